The summed E-state index contributed by atoms with van der Waals surface area (Å²) in [4.78, 5) is 0. The molecular weight excluding hydrogens is 296 g/mol. The second kappa shape index (κ2) is 12.3. The summed E-state index contributed by atoms with van der Waals surface area (Å²) in [5.41, 5.74) is 0. The van der Waals surface area contributed by atoms with Crippen molar-refractivity contribution in [2.24, 2.45) is 11.8 Å². The average molecular weight is 326 g/mol. The maximum Gasteiger partial charge on any atom is 0.399 e. The van der Waals surface area contributed by atoms with Crippen LogP contribution in [0, 0.1) is 11.8 Å². The quantitative estimate of drug-likeness (QED) is 0.456. The van der Waals surface area contributed by atoms with Gasteiger partial charge >= 0.3 is 10.4 Å². The van der Waals surface area contributed by atoms with Crippen molar-refractivity contribution < 1.29 is 26.3 Å². The van der Waals surface area contributed by atoms with Crippen LogP contribution in [0.1, 0.15) is 40.5 Å². The molecule has 21 heavy (non-hydrogen) atoms. The number of hydrogen-bond acceptors (Lipinski definition) is 6. The van der Waals surface area contributed by atoms with Crippen LogP contribution in [0.25, 0.3) is 0 Å². The molecule has 0 atom stereocenters. The van der Waals surface area contributed by atoms with Crippen LogP contribution in [0.15, 0.2) is 0 Å². The molecule has 0 radical (unpaired) electrons. The van der Waals surface area contributed by atoms with Crippen molar-refractivity contribution >= 4 is 10.4 Å². The summed E-state index contributed by atoms with van der Waals surface area (Å²) < 4.78 is 42.8. The smallest absolute Gasteiger partial charge is 0.381 e. The number of rotatable bonds is 14. The molecule has 0 saturated carbocycles. The van der Waals surface area contributed by atoms with Gasteiger partial charge in [0.2, 0.25) is 0 Å². The summed E-state index contributed by atoms with van der Waals surface area (Å²) in [7, 11) is -3.90. The molecule has 0 N–H and O–H groups in total. The van der Waals surface area contributed by atoms with E-state index in [1.54, 1.807) is 0 Å². The monoisotopic (exact) mass is 326 g/mol. The molecule has 0 bridgehead atoms. The molecule has 0 heterocycles. The van der Waals surface area contributed by atoms with Crippen LogP contribution in [-0.4, -0.2) is 48.1 Å². The van der Waals surface area contributed by atoms with Crippen LogP contribution in [0.2, 0.25) is 0 Å². The Kier molecular flexibility index (Phi) is 12.2. The minimum Gasteiger partial charge on any atom is -0.381 e. The Bertz CT molecular complexity index is 300. The van der Waals surface area contributed by atoms with E-state index in [1.165, 1.54) is 0 Å². The molecule has 0 aliphatic carbocycles. The van der Waals surface area contributed by atoms with E-state index in [2.05, 4.69) is 27.7 Å². The minimum atomic E-state index is -3.90. The van der Waals surface area contributed by atoms with Gasteiger partial charge < -0.3 is 9.47 Å². The van der Waals surface area contributed by atoms with E-state index in [0.29, 0.717) is 51.1 Å². The number of hydrogen-bond donors (Lipinski definition) is 0. The van der Waals surface area contributed by atoms with Crippen molar-refractivity contribution in [2.45, 2.75) is 40.5 Å². The van der Waals surface area contributed by atoms with Gasteiger partial charge in [-0.3, -0.25) is 0 Å². The second-order valence-corrected chi connectivity index (χ2v) is 6.98. The molecule has 0 spiro atoms. The number of ether oxygens (including phenoxy) is 2. The largest absolute Gasteiger partial charge is 0.399 e. The molecule has 0 aromatic carbocycles. The molecule has 0 rings (SSSR count). The SMILES string of the molecule is CC(C)COCCCOS(=O)(=O)OCCCOCC(C)C. The van der Waals surface area contributed by atoms with E-state index in [9.17, 15) is 8.42 Å². The highest BCUT2D eigenvalue weighted by Gasteiger charge is 2.11. The predicted octanol–water partition coefficient (Wildman–Crippen LogP) is 2.39. The summed E-state index contributed by atoms with van der Waals surface area (Å²) in [6, 6.07) is 0. The lowest BCUT2D eigenvalue weighted by molar-refractivity contribution is 0.0899. The Morgan fingerprint density at radius 3 is 1.43 bits per heavy atom. The molecular formula is C14H30O6S. The van der Waals surface area contributed by atoms with Crippen molar-refractivity contribution in [1.29, 1.82) is 0 Å². The Morgan fingerprint density at radius 2 is 1.10 bits per heavy atom. The van der Waals surface area contributed by atoms with E-state index in [-0.39, 0.29) is 13.2 Å². The molecule has 6 nitrogen and oxygen atoms in total. The zero-order valence-corrected chi connectivity index (χ0v) is 14.5. The molecule has 0 aromatic heterocycles. The first-order valence-electron chi connectivity index (χ1n) is 7.52. The van der Waals surface area contributed by atoms with Crippen molar-refractivity contribution in [2.75, 3.05) is 39.6 Å². The summed E-state index contributed by atoms with van der Waals surface area (Å²) in [6.07, 6.45) is 1.04. The third-order valence-electron chi connectivity index (χ3n) is 2.22. The van der Waals surface area contributed by atoms with Crippen molar-refractivity contribution in [1.82, 2.24) is 0 Å². The molecule has 0 saturated heterocycles. The summed E-state index contributed by atoms with van der Waals surface area (Å²) in [5.74, 6) is 0.937. The fraction of sp³-hybridized carbons (Fsp3) is 1.00. The lowest BCUT2D eigenvalue weighted by atomic mass is 10.2. The minimum absolute atomic E-state index is 0.0737. The van der Waals surface area contributed by atoms with Gasteiger partial charge in [0.05, 0.1) is 13.2 Å². The maximum atomic E-state index is 11.4. The molecule has 0 unspecified atom stereocenters. The fourth-order valence-electron chi connectivity index (χ4n) is 1.32. The van der Waals surface area contributed by atoms with Crippen LogP contribution < -0.4 is 0 Å². The van der Waals surface area contributed by atoms with Crippen molar-refractivity contribution in [3.05, 3.63) is 0 Å². The highest BCUT2D eigenvalue weighted by atomic mass is 32.3. The molecule has 0 aromatic rings. The highest BCUT2D eigenvalue weighted by molar-refractivity contribution is 7.81. The molecule has 0 amide bonds. The standard InChI is InChI=1S/C14H30O6S/c1-13(2)11-17-7-5-9-19-21(15,16)20-10-6-8-18-12-14(3)4/h13-14H,5-12H2,1-4H3. The van der Waals surface area contributed by atoms with Gasteiger partial charge in [0.1, 0.15) is 0 Å². The van der Waals surface area contributed by atoms with E-state index in [4.69, 9.17) is 17.8 Å². The van der Waals surface area contributed by atoms with Gasteiger partial charge in [0, 0.05) is 26.4 Å². The van der Waals surface area contributed by atoms with E-state index in [1.807, 2.05) is 0 Å². The van der Waals surface area contributed by atoms with Gasteiger partial charge in [-0.15, -0.1) is 0 Å². The Balaban J connectivity index is 3.48. The van der Waals surface area contributed by atoms with Crippen LogP contribution in [0.5, 0.6) is 0 Å². The van der Waals surface area contributed by atoms with Gasteiger partial charge in [-0.2, -0.15) is 8.42 Å². The van der Waals surface area contributed by atoms with Gasteiger partial charge in [0.15, 0.2) is 0 Å². The van der Waals surface area contributed by atoms with E-state index < -0.39 is 10.4 Å². The molecule has 7 heteroatoms. The topological polar surface area (TPSA) is 71.1 Å². The lowest BCUT2D eigenvalue weighted by Gasteiger charge is -2.08. The first-order chi connectivity index (χ1) is 9.83. The van der Waals surface area contributed by atoms with Crippen molar-refractivity contribution in [3.63, 3.8) is 0 Å². The van der Waals surface area contributed by atoms with Gasteiger partial charge in [-0.1, -0.05) is 27.7 Å². The summed E-state index contributed by atoms with van der Waals surface area (Å²) >= 11 is 0. The zero-order chi connectivity index (χ0) is 16.1. The van der Waals surface area contributed by atoms with Crippen LogP contribution in [0.4, 0.5) is 0 Å². The van der Waals surface area contributed by atoms with Crippen molar-refractivity contribution in [3.8, 4) is 0 Å². The lowest BCUT2D eigenvalue weighted by Crippen LogP contribution is -2.14. The van der Waals surface area contributed by atoms with E-state index in [0.717, 1.165) is 0 Å². The Labute approximate surface area is 129 Å². The summed E-state index contributed by atoms with van der Waals surface area (Å²) in [5, 5.41) is 0. The third kappa shape index (κ3) is 16.0. The first-order valence-corrected chi connectivity index (χ1v) is 8.86. The summed E-state index contributed by atoms with van der Waals surface area (Å²) in [6.45, 7) is 10.7. The van der Waals surface area contributed by atoms with E-state index >= 15 is 0 Å². The molecule has 0 fully saturated rings. The highest BCUT2D eigenvalue weighted by Crippen LogP contribution is 2.01. The first kappa shape index (κ1) is 20.8. The van der Waals surface area contributed by atoms with Crippen LogP contribution in [-0.2, 0) is 28.2 Å². The Morgan fingerprint density at radius 1 is 0.714 bits per heavy atom. The average Bonchev–Trinajstić information content (AvgIpc) is 2.37. The molecule has 128 valence electrons. The normalized spacial score (nSPS) is 12.5. The van der Waals surface area contributed by atoms with Gasteiger partial charge in [-0.25, -0.2) is 8.37 Å². The zero-order valence-electron chi connectivity index (χ0n) is 13.7. The predicted molar refractivity (Wildman–Crippen MR) is 81.4 cm³/mol. The molecule has 0 aliphatic rings. The van der Waals surface area contributed by atoms with Crippen LogP contribution in [0.3, 0.4) is 0 Å². The second-order valence-electron chi connectivity index (χ2n) is 5.70. The van der Waals surface area contributed by atoms with Gasteiger partial charge in [0.25, 0.3) is 0 Å². The van der Waals surface area contributed by atoms with Gasteiger partial charge in [-0.05, 0) is 24.7 Å². The fourth-order valence-corrected chi connectivity index (χ4v) is 2.03. The molecule has 0 aliphatic heterocycles. The van der Waals surface area contributed by atoms with Crippen LogP contribution >= 0.6 is 0 Å². The third-order valence-corrected chi connectivity index (χ3v) is 3.13. The Hall–Kier alpha value is -0.210. The maximum absolute atomic E-state index is 11.4.